The van der Waals surface area contributed by atoms with Crippen molar-refractivity contribution in [1.82, 2.24) is 8.51 Å². The fourth-order valence-corrected chi connectivity index (χ4v) is 7.56. The van der Waals surface area contributed by atoms with Gasteiger partial charge >= 0.3 is 189 Å². The van der Waals surface area contributed by atoms with Gasteiger partial charge in [0.1, 0.15) is 0 Å². The van der Waals surface area contributed by atoms with Crippen LogP contribution in [0.4, 0.5) is 24.2 Å². The zero-order valence-corrected chi connectivity index (χ0v) is 20.4. The molecule has 1 heterocycles. The normalized spacial score (nSPS) is 16.9. The van der Waals surface area contributed by atoms with Gasteiger partial charge in [-0.25, -0.2) is 0 Å². The molecule has 1 fully saturated rings. The monoisotopic (exact) mass is 553 g/mol. The van der Waals surface area contributed by atoms with Gasteiger partial charge in [0.15, 0.2) is 0 Å². The molecule has 1 aliphatic carbocycles. The number of ketones is 1. The van der Waals surface area contributed by atoms with Crippen molar-refractivity contribution in [2.45, 2.75) is 81.7 Å². The Morgan fingerprint density at radius 3 is 2.48 bits per heavy atom. The number of aromatic nitrogens is 1. The molecule has 31 heavy (non-hydrogen) atoms. The average Bonchev–Trinajstić information content (AvgIpc) is 2.65. The summed E-state index contributed by atoms with van der Waals surface area (Å²) in [6.45, 7) is 7.01. The zero-order valence-electron chi connectivity index (χ0n) is 18.3. The molecule has 0 bridgehead atoms. The summed E-state index contributed by atoms with van der Waals surface area (Å²) in [4.78, 5) is 41.6. The number of hydrogen-bond acceptors (Lipinski definition) is 5. The first-order chi connectivity index (χ1) is 14.4. The Morgan fingerprint density at radius 1 is 1.26 bits per heavy atom. The van der Waals surface area contributed by atoms with E-state index in [9.17, 15) is 23.2 Å². The molecule has 1 aliphatic rings. The van der Waals surface area contributed by atoms with E-state index >= 15 is 0 Å². The number of carbonyl (C=O) groups excluding carboxylic acids is 3. The first kappa shape index (κ1) is 25.4. The van der Waals surface area contributed by atoms with Gasteiger partial charge < -0.3 is 0 Å². The Hall–Kier alpha value is -1.85. The molecule has 174 valence electrons. The van der Waals surface area contributed by atoms with Crippen LogP contribution < -0.4 is 8.85 Å². The standard InChI is InChI=1S/C21H30F2IN3O4/c1-5-6-16(28)14-9-12-25-17(13-14)26-18(29)24(27-19(30)31-20(2,3)4)15-7-10-21(22,23)11-8-15/h9,12-13,15H,5-8,10-11H2,1-4H3,(H,27,30)(H,25,26,29). The molecule has 0 radical (unpaired) electrons. The number of Topliss-reactive ketones (excluding diaryl/α,β-unsaturated/α-hetero) is 1. The number of alkyl halides is 3. The fourth-order valence-electron chi connectivity index (χ4n) is 3.06. The van der Waals surface area contributed by atoms with Crippen LogP contribution >= 0.6 is 20.1 Å². The van der Waals surface area contributed by atoms with Crippen LogP contribution in [0.15, 0.2) is 18.3 Å². The molecule has 10 heteroatoms. The number of nitrogens with one attached hydrogen (secondary N) is 2. The van der Waals surface area contributed by atoms with Crippen molar-refractivity contribution < 1.29 is 27.9 Å². The topological polar surface area (TPSA) is 97.4 Å². The maximum absolute atomic E-state index is 13.6. The number of nitrogens with zero attached hydrogens (tertiary/aromatic N) is 1. The van der Waals surface area contributed by atoms with Crippen molar-refractivity contribution in [3.8, 4) is 0 Å². The van der Waals surface area contributed by atoms with Crippen LogP contribution in [0.3, 0.4) is 0 Å². The van der Waals surface area contributed by atoms with Gasteiger partial charge in [0.2, 0.25) is 0 Å². The summed E-state index contributed by atoms with van der Waals surface area (Å²) in [5.74, 6) is -2.60. The van der Waals surface area contributed by atoms with Gasteiger partial charge in [0.05, 0.1) is 0 Å². The van der Waals surface area contributed by atoms with E-state index in [1.807, 2.05) is 6.92 Å². The van der Waals surface area contributed by atoms with Crippen LogP contribution in [0.1, 0.15) is 76.6 Å². The van der Waals surface area contributed by atoms with Crippen molar-refractivity contribution in [1.29, 1.82) is 0 Å². The minimum absolute atomic E-state index is 0.0582. The molecule has 2 rings (SSSR count). The van der Waals surface area contributed by atoms with Gasteiger partial charge in [-0.1, -0.05) is 0 Å². The summed E-state index contributed by atoms with van der Waals surface area (Å²) in [7, 11) is 0. The number of amides is 2. The van der Waals surface area contributed by atoms with Crippen molar-refractivity contribution in [2.24, 2.45) is 0 Å². The van der Waals surface area contributed by atoms with E-state index in [2.05, 4.69) is 13.8 Å². The average molecular weight is 553 g/mol. The number of halogens is 3. The van der Waals surface area contributed by atoms with Crippen LogP contribution in [0.2, 0.25) is 0 Å². The molecule has 1 saturated carbocycles. The molecule has 2 amide bonds. The Kier molecular flexibility index (Phi) is 8.73. The molecule has 1 aromatic heterocycles. The van der Waals surface area contributed by atoms with Gasteiger partial charge in [0.25, 0.3) is 0 Å². The van der Waals surface area contributed by atoms with E-state index in [1.54, 1.807) is 26.8 Å². The Morgan fingerprint density at radius 2 is 1.90 bits per heavy atom. The van der Waals surface area contributed by atoms with Crippen molar-refractivity contribution in [2.75, 3.05) is 5.32 Å². The zero-order chi connectivity index (χ0) is 23.2. The van der Waals surface area contributed by atoms with Gasteiger partial charge in [0, 0.05) is 0 Å². The van der Waals surface area contributed by atoms with E-state index in [0.29, 0.717) is 18.4 Å². The number of pyridine rings is 1. The summed E-state index contributed by atoms with van der Waals surface area (Å²) >= 11 is -2.99. The first-order valence-corrected chi connectivity index (χ1v) is 13.7. The number of anilines is 1. The van der Waals surface area contributed by atoms with E-state index in [1.165, 1.54) is 12.3 Å². The van der Waals surface area contributed by atoms with Crippen molar-refractivity contribution >= 4 is 41.7 Å². The van der Waals surface area contributed by atoms with E-state index in [-0.39, 0.29) is 41.2 Å². The molecule has 0 unspecified atom stereocenters. The molecule has 2 N–H and O–H groups in total. The second-order valence-electron chi connectivity index (χ2n) is 8.44. The predicted molar refractivity (Wildman–Crippen MR) is 123 cm³/mol. The maximum atomic E-state index is 13.6. The molecule has 0 aliphatic heterocycles. The van der Waals surface area contributed by atoms with Crippen molar-refractivity contribution in [3.05, 3.63) is 23.9 Å². The summed E-state index contributed by atoms with van der Waals surface area (Å²) in [5, 5.41) is 2.68. The molecular formula is C21H30F2IN3O4. The third-order valence-electron chi connectivity index (χ3n) is 4.50. The molecule has 0 spiro atoms. The van der Waals surface area contributed by atoms with Crippen molar-refractivity contribution in [3.63, 3.8) is 0 Å². The van der Waals surface area contributed by atoms with Crippen LogP contribution in [0.25, 0.3) is 0 Å². The summed E-state index contributed by atoms with van der Waals surface area (Å²) in [6.07, 6.45) is 1.47. The molecule has 7 nitrogen and oxygen atoms in total. The molecular weight excluding hydrogens is 523 g/mol. The van der Waals surface area contributed by atoms with E-state index < -0.39 is 41.6 Å². The first-order valence-electron chi connectivity index (χ1n) is 10.3. The number of hydrogen-bond donors (Lipinski definition) is 2. The number of rotatable bonds is 7. The van der Waals surface area contributed by atoms with E-state index in [0.717, 1.165) is 0 Å². The molecule has 0 aromatic carbocycles. The van der Waals surface area contributed by atoms with Crippen LogP contribution in [0.5, 0.6) is 0 Å². The molecule has 1 aromatic rings. The second kappa shape index (κ2) is 10.6. The van der Waals surface area contributed by atoms with Gasteiger partial charge in [-0.3, -0.25) is 0 Å². The fraction of sp³-hybridized carbons (Fsp3) is 0.619. The summed E-state index contributed by atoms with van der Waals surface area (Å²) in [6, 6.07) is 3.07. The summed E-state index contributed by atoms with van der Waals surface area (Å²) in [5.41, 5.74) is -0.317. The third kappa shape index (κ3) is 8.30. The minimum atomic E-state index is -2.99. The molecule has 0 atom stereocenters. The second-order valence-corrected chi connectivity index (χ2v) is 13.5. The van der Waals surface area contributed by atoms with Gasteiger partial charge in [-0.05, 0) is 0 Å². The van der Waals surface area contributed by atoms with Crippen LogP contribution in [-0.4, -0.2) is 36.2 Å². The number of carbonyl (C=O) groups is 3. The van der Waals surface area contributed by atoms with Gasteiger partial charge in [-0.15, -0.1) is 0 Å². The quantitative estimate of drug-likeness (QED) is 0.106. The van der Waals surface area contributed by atoms with E-state index in [4.69, 9.17) is 4.74 Å². The predicted octanol–water partition coefficient (Wildman–Crippen LogP) is 6.12. The Labute approximate surface area is 188 Å². The third-order valence-corrected chi connectivity index (χ3v) is 9.86. The SMILES string of the molecule is CCCC(=O)c1ccnc(NC(=O)I(NC(=O)OC(C)(C)C)C2CCC(F)(F)CC2)c1. The van der Waals surface area contributed by atoms with Gasteiger partial charge in [-0.2, -0.15) is 0 Å². The van der Waals surface area contributed by atoms with Crippen LogP contribution in [-0.2, 0) is 4.74 Å². The van der Waals surface area contributed by atoms with Crippen LogP contribution in [0, 0.1) is 0 Å². The summed E-state index contributed by atoms with van der Waals surface area (Å²) < 4.78 is 34.5. The Bertz CT molecular complexity index is 804. The Balaban J connectivity index is 2.17. The molecule has 0 saturated heterocycles. The number of ether oxygens (including phenoxy) is 1.